The van der Waals surface area contributed by atoms with E-state index in [-0.39, 0.29) is 11.5 Å². The zero-order chi connectivity index (χ0) is 13.8. The number of hydrogen-bond donors (Lipinski definition) is 2. The minimum absolute atomic E-state index is 0.146. The first kappa shape index (κ1) is 15.1. The van der Waals surface area contributed by atoms with Crippen molar-refractivity contribution in [1.82, 2.24) is 14.5 Å². The summed E-state index contributed by atoms with van der Waals surface area (Å²) in [6.07, 6.45) is 2.23. The molecule has 0 radical (unpaired) electrons. The Morgan fingerprint density at radius 2 is 1.94 bits per heavy atom. The fourth-order valence-electron chi connectivity index (χ4n) is 1.84. The van der Waals surface area contributed by atoms with Crippen LogP contribution in [0.4, 0.5) is 0 Å². The second-order valence-corrected chi connectivity index (χ2v) is 6.01. The second kappa shape index (κ2) is 6.31. The van der Waals surface area contributed by atoms with Crippen molar-refractivity contribution in [2.24, 2.45) is 7.05 Å². The quantitative estimate of drug-likeness (QED) is 0.709. The van der Waals surface area contributed by atoms with E-state index < -0.39 is 10.0 Å². The van der Waals surface area contributed by atoms with Gasteiger partial charge in [-0.2, -0.15) is 5.10 Å². The number of aryl methyl sites for hydroxylation is 2. The molecule has 0 unspecified atom stereocenters. The van der Waals surface area contributed by atoms with Gasteiger partial charge in [-0.3, -0.25) is 4.68 Å². The van der Waals surface area contributed by atoms with Crippen LogP contribution in [0.2, 0.25) is 0 Å². The van der Waals surface area contributed by atoms with Gasteiger partial charge >= 0.3 is 0 Å². The molecule has 18 heavy (non-hydrogen) atoms. The molecule has 104 valence electrons. The molecule has 1 aromatic heterocycles. The van der Waals surface area contributed by atoms with Crippen molar-refractivity contribution in [3.63, 3.8) is 0 Å². The highest BCUT2D eigenvalue weighted by molar-refractivity contribution is 7.89. The molecule has 1 aromatic rings. The summed E-state index contributed by atoms with van der Waals surface area (Å²) in [5, 5.41) is 12.7. The van der Waals surface area contributed by atoms with Crippen LogP contribution in [0.3, 0.4) is 0 Å². The molecule has 0 fully saturated rings. The lowest BCUT2D eigenvalue weighted by atomic mass is 10.2. The molecule has 6 nitrogen and oxygen atoms in total. The Balaban J connectivity index is 2.69. The van der Waals surface area contributed by atoms with Crippen molar-refractivity contribution in [1.29, 1.82) is 0 Å². The van der Waals surface area contributed by atoms with Crippen LogP contribution in [0.5, 0.6) is 0 Å². The Labute approximate surface area is 108 Å². The van der Waals surface area contributed by atoms with Crippen LogP contribution in [0, 0.1) is 13.8 Å². The molecular weight excluding hydrogens is 254 g/mol. The van der Waals surface area contributed by atoms with Crippen molar-refractivity contribution in [2.45, 2.75) is 38.0 Å². The molecule has 1 rings (SSSR count). The Kier molecular flexibility index (Phi) is 5.30. The van der Waals surface area contributed by atoms with Crippen molar-refractivity contribution in [3.8, 4) is 0 Å². The summed E-state index contributed by atoms with van der Waals surface area (Å²) >= 11 is 0. The number of aliphatic hydroxyl groups excluding tert-OH is 1. The van der Waals surface area contributed by atoms with E-state index in [1.54, 1.807) is 25.6 Å². The highest BCUT2D eigenvalue weighted by Crippen LogP contribution is 2.18. The fourth-order valence-corrected chi connectivity index (χ4v) is 3.34. The first-order chi connectivity index (χ1) is 8.40. The maximum absolute atomic E-state index is 12.1. The summed E-state index contributed by atoms with van der Waals surface area (Å²) in [4.78, 5) is 0.271. The second-order valence-electron chi connectivity index (χ2n) is 4.31. The zero-order valence-electron chi connectivity index (χ0n) is 11.1. The van der Waals surface area contributed by atoms with Crippen LogP contribution in [0.25, 0.3) is 0 Å². The average Bonchev–Trinajstić information content (AvgIpc) is 2.53. The number of nitrogens with zero attached hydrogens (tertiary/aromatic N) is 2. The molecular formula is C11H21N3O3S. The summed E-state index contributed by atoms with van der Waals surface area (Å²) in [7, 11) is -1.76. The van der Waals surface area contributed by atoms with Crippen LogP contribution >= 0.6 is 0 Å². The van der Waals surface area contributed by atoms with Crippen LogP contribution in [0.1, 0.15) is 30.7 Å². The van der Waals surface area contributed by atoms with Crippen LogP contribution in [0.15, 0.2) is 4.90 Å². The average molecular weight is 275 g/mol. The van der Waals surface area contributed by atoms with Crippen molar-refractivity contribution < 1.29 is 13.5 Å². The summed E-state index contributed by atoms with van der Waals surface area (Å²) in [5.41, 5.74) is 1.15. The molecule has 0 aliphatic rings. The third-order valence-electron chi connectivity index (χ3n) is 2.84. The molecule has 2 N–H and O–H groups in total. The zero-order valence-corrected chi connectivity index (χ0v) is 11.9. The third kappa shape index (κ3) is 3.54. The van der Waals surface area contributed by atoms with E-state index in [1.807, 2.05) is 0 Å². The van der Waals surface area contributed by atoms with Crippen molar-refractivity contribution >= 4 is 10.0 Å². The van der Waals surface area contributed by atoms with E-state index in [1.165, 1.54) is 0 Å². The van der Waals surface area contributed by atoms with Crippen molar-refractivity contribution in [2.75, 3.05) is 13.2 Å². The lowest BCUT2D eigenvalue weighted by Crippen LogP contribution is -2.25. The number of nitrogens with one attached hydrogen (secondary N) is 1. The van der Waals surface area contributed by atoms with Gasteiger partial charge in [-0.05, 0) is 33.1 Å². The maximum Gasteiger partial charge on any atom is 0.244 e. The van der Waals surface area contributed by atoms with Gasteiger partial charge in [0.1, 0.15) is 4.90 Å². The Morgan fingerprint density at radius 1 is 1.28 bits per heavy atom. The highest BCUT2D eigenvalue weighted by atomic mass is 32.2. The van der Waals surface area contributed by atoms with Gasteiger partial charge in [0.25, 0.3) is 0 Å². The molecule has 0 aliphatic heterocycles. The van der Waals surface area contributed by atoms with Gasteiger partial charge in [0.2, 0.25) is 10.0 Å². The van der Waals surface area contributed by atoms with Gasteiger partial charge in [-0.1, -0.05) is 0 Å². The van der Waals surface area contributed by atoms with E-state index >= 15 is 0 Å². The Hall–Kier alpha value is -0.920. The van der Waals surface area contributed by atoms with E-state index in [9.17, 15) is 8.42 Å². The third-order valence-corrected chi connectivity index (χ3v) is 4.55. The van der Waals surface area contributed by atoms with Gasteiger partial charge in [-0.25, -0.2) is 13.1 Å². The molecule has 7 heteroatoms. The van der Waals surface area contributed by atoms with E-state index in [0.717, 1.165) is 12.8 Å². The van der Waals surface area contributed by atoms with Crippen LogP contribution in [-0.2, 0) is 17.1 Å². The van der Waals surface area contributed by atoms with Gasteiger partial charge in [0.05, 0.1) is 11.4 Å². The van der Waals surface area contributed by atoms with Crippen LogP contribution < -0.4 is 4.72 Å². The molecule has 0 saturated heterocycles. The normalized spacial score (nSPS) is 12.0. The summed E-state index contributed by atoms with van der Waals surface area (Å²) in [6.45, 7) is 3.96. The lowest BCUT2D eigenvalue weighted by Gasteiger charge is -2.06. The predicted molar refractivity (Wildman–Crippen MR) is 68.8 cm³/mol. The summed E-state index contributed by atoms with van der Waals surface area (Å²) in [5.74, 6) is 0. The van der Waals surface area contributed by atoms with Gasteiger partial charge < -0.3 is 5.11 Å². The van der Waals surface area contributed by atoms with Gasteiger partial charge in [0, 0.05) is 20.2 Å². The highest BCUT2D eigenvalue weighted by Gasteiger charge is 2.22. The van der Waals surface area contributed by atoms with E-state index in [0.29, 0.717) is 24.4 Å². The topological polar surface area (TPSA) is 84.2 Å². The van der Waals surface area contributed by atoms with E-state index in [2.05, 4.69) is 9.82 Å². The standard InChI is InChI=1S/C11H21N3O3S/c1-9-11(10(2)14(3)13-9)18(16,17)12-7-5-4-6-8-15/h12,15H,4-8H2,1-3H3. The Bertz CT molecular complexity index is 494. The molecule has 0 atom stereocenters. The number of aromatic nitrogens is 2. The lowest BCUT2D eigenvalue weighted by molar-refractivity contribution is 0.283. The summed E-state index contributed by atoms with van der Waals surface area (Å²) < 4.78 is 28.3. The monoisotopic (exact) mass is 275 g/mol. The van der Waals surface area contributed by atoms with Crippen molar-refractivity contribution in [3.05, 3.63) is 11.4 Å². The molecule has 0 saturated carbocycles. The molecule has 0 aliphatic carbocycles. The number of rotatable bonds is 7. The number of sulfonamides is 1. The first-order valence-corrected chi connectivity index (χ1v) is 7.49. The summed E-state index contributed by atoms with van der Waals surface area (Å²) in [6, 6.07) is 0. The molecule has 1 heterocycles. The number of hydrogen-bond acceptors (Lipinski definition) is 4. The predicted octanol–water partition coefficient (Wildman–Crippen LogP) is 0.478. The minimum Gasteiger partial charge on any atom is -0.396 e. The smallest absolute Gasteiger partial charge is 0.244 e. The minimum atomic E-state index is -3.48. The molecule has 0 aromatic carbocycles. The number of aliphatic hydroxyl groups is 1. The first-order valence-electron chi connectivity index (χ1n) is 6.01. The van der Waals surface area contributed by atoms with Gasteiger partial charge in [-0.15, -0.1) is 0 Å². The SMILES string of the molecule is Cc1nn(C)c(C)c1S(=O)(=O)NCCCCCO. The largest absolute Gasteiger partial charge is 0.396 e. The fraction of sp³-hybridized carbons (Fsp3) is 0.727. The van der Waals surface area contributed by atoms with E-state index in [4.69, 9.17) is 5.11 Å². The van der Waals surface area contributed by atoms with Gasteiger partial charge in [0.15, 0.2) is 0 Å². The molecule has 0 amide bonds. The molecule has 0 bridgehead atoms. The Morgan fingerprint density at radius 3 is 2.44 bits per heavy atom. The van der Waals surface area contributed by atoms with Crippen LogP contribution in [-0.4, -0.2) is 36.5 Å². The molecule has 0 spiro atoms. The maximum atomic E-state index is 12.1. The number of unbranched alkanes of at least 4 members (excludes halogenated alkanes) is 2.